The molecule has 1 unspecified atom stereocenters. The summed E-state index contributed by atoms with van der Waals surface area (Å²) in [5.41, 5.74) is 3.85. The molecule has 0 aliphatic carbocycles. The van der Waals surface area contributed by atoms with Gasteiger partial charge in [0.15, 0.2) is 0 Å². The Morgan fingerprint density at radius 3 is 2.71 bits per heavy atom. The Morgan fingerprint density at radius 1 is 1.35 bits per heavy atom. The van der Waals surface area contributed by atoms with Crippen LogP contribution in [0.4, 0.5) is 5.69 Å². The van der Waals surface area contributed by atoms with Crippen molar-refractivity contribution in [2.45, 2.75) is 20.0 Å². The minimum atomic E-state index is 0.299. The fourth-order valence-electron chi connectivity index (χ4n) is 2.30. The van der Waals surface area contributed by atoms with Crippen LogP contribution < -0.4 is 5.32 Å². The minimum Gasteiger partial charge on any atom is -0.382 e. The number of nitrogens with zero attached hydrogens (tertiary/aromatic N) is 1. The number of hydrogen-bond donors (Lipinski definition) is 1. The van der Waals surface area contributed by atoms with Gasteiger partial charge in [0.25, 0.3) is 0 Å². The van der Waals surface area contributed by atoms with Gasteiger partial charge in [0, 0.05) is 25.3 Å². The normalized spacial score (nSPS) is 21.5. The van der Waals surface area contributed by atoms with Gasteiger partial charge in [-0.2, -0.15) is 0 Å². The number of aryl methyl sites for hydroxylation is 2. The number of ether oxygens (including phenoxy) is 1. The predicted octanol–water partition coefficient (Wildman–Crippen LogP) is 2.05. The van der Waals surface area contributed by atoms with E-state index in [9.17, 15) is 0 Å². The van der Waals surface area contributed by atoms with Crippen LogP contribution in [0.1, 0.15) is 11.1 Å². The second-order valence-corrected chi connectivity index (χ2v) is 4.90. The molecule has 0 radical (unpaired) electrons. The number of likely N-dealkylation sites (N-methyl/N-ethyl adjacent to an activating group) is 1. The maximum Gasteiger partial charge on any atom is 0.0874 e. The van der Waals surface area contributed by atoms with Gasteiger partial charge in [-0.25, -0.2) is 0 Å². The smallest absolute Gasteiger partial charge is 0.0874 e. The highest BCUT2D eigenvalue weighted by molar-refractivity contribution is 5.56. The lowest BCUT2D eigenvalue weighted by atomic mass is 10.1. The fraction of sp³-hybridized carbons (Fsp3) is 0.571. The van der Waals surface area contributed by atoms with Crippen LogP contribution >= 0.6 is 0 Å². The molecule has 0 spiro atoms. The highest BCUT2D eigenvalue weighted by atomic mass is 16.5. The number of anilines is 1. The van der Waals surface area contributed by atoms with E-state index < -0.39 is 0 Å². The van der Waals surface area contributed by atoms with Gasteiger partial charge in [-0.3, -0.25) is 0 Å². The number of nitrogens with one attached hydrogen (secondary N) is 1. The van der Waals surface area contributed by atoms with Gasteiger partial charge in [0.1, 0.15) is 0 Å². The predicted molar refractivity (Wildman–Crippen MR) is 71.6 cm³/mol. The second-order valence-electron chi connectivity index (χ2n) is 4.90. The summed E-state index contributed by atoms with van der Waals surface area (Å²) in [6, 6.07) is 6.38. The van der Waals surface area contributed by atoms with E-state index in [1.165, 1.54) is 16.8 Å². The molecule has 1 atom stereocenters. The summed E-state index contributed by atoms with van der Waals surface area (Å²) in [5, 5.41) is 3.52. The van der Waals surface area contributed by atoms with E-state index in [0.29, 0.717) is 6.10 Å². The molecule has 0 amide bonds. The van der Waals surface area contributed by atoms with Crippen LogP contribution in [-0.2, 0) is 4.74 Å². The number of benzene rings is 1. The number of hydrogen-bond acceptors (Lipinski definition) is 3. The average molecular weight is 234 g/mol. The van der Waals surface area contributed by atoms with E-state index in [0.717, 1.165) is 26.2 Å². The number of rotatable bonds is 3. The van der Waals surface area contributed by atoms with Gasteiger partial charge in [-0.15, -0.1) is 0 Å². The standard InChI is InChI=1S/C14H22N2O/c1-11-5-4-6-12(2)14(11)15-9-13-10-16(3)7-8-17-13/h4-6,13,15H,7-10H2,1-3H3. The first-order valence-corrected chi connectivity index (χ1v) is 6.27. The van der Waals surface area contributed by atoms with Gasteiger partial charge < -0.3 is 15.0 Å². The Morgan fingerprint density at radius 2 is 2.06 bits per heavy atom. The van der Waals surface area contributed by atoms with Crippen LogP contribution in [0.15, 0.2) is 18.2 Å². The molecule has 2 rings (SSSR count). The molecule has 1 aromatic carbocycles. The number of morpholine rings is 1. The zero-order chi connectivity index (χ0) is 12.3. The third-order valence-corrected chi connectivity index (χ3v) is 3.33. The summed E-state index contributed by atoms with van der Waals surface area (Å²) >= 11 is 0. The zero-order valence-electron chi connectivity index (χ0n) is 11.0. The summed E-state index contributed by atoms with van der Waals surface area (Å²) in [4.78, 5) is 2.32. The van der Waals surface area contributed by atoms with Crippen molar-refractivity contribution >= 4 is 5.69 Å². The summed E-state index contributed by atoms with van der Waals surface area (Å²) in [6.45, 7) is 8.07. The van der Waals surface area contributed by atoms with Gasteiger partial charge in [-0.05, 0) is 32.0 Å². The molecule has 3 heteroatoms. The van der Waals surface area contributed by atoms with E-state index in [-0.39, 0.29) is 0 Å². The molecule has 1 aromatic rings. The SMILES string of the molecule is Cc1cccc(C)c1NCC1CN(C)CCO1. The van der Waals surface area contributed by atoms with Gasteiger partial charge in [0.2, 0.25) is 0 Å². The molecule has 1 fully saturated rings. The van der Waals surface area contributed by atoms with E-state index in [1.54, 1.807) is 0 Å². The lowest BCUT2D eigenvalue weighted by molar-refractivity contribution is -0.0117. The first kappa shape index (κ1) is 12.4. The summed E-state index contributed by atoms with van der Waals surface area (Å²) in [5.74, 6) is 0. The lowest BCUT2D eigenvalue weighted by Crippen LogP contribution is -2.43. The van der Waals surface area contributed by atoms with Gasteiger partial charge >= 0.3 is 0 Å². The first-order valence-electron chi connectivity index (χ1n) is 6.27. The molecule has 1 saturated heterocycles. The fourth-order valence-corrected chi connectivity index (χ4v) is 2.30. The van der Waals surface area contributed by atoms with Crippen LogP contribution in [0, 0.1) is 13.8 Å². The van der Waals surface area contributed by atoms with Crippen LogP contribution in [0.3, 0.4) is 0 Å². The molecule has 94 valence electrons. The highest BCUT2D eigenvalue weighted by Gasteiger charge is 2.17. The quantitative estimate of drug-likeness (QED) is 0.866. The molecule has 17 heavy (non-hydrogen) atoms. The molecule has 1 aliphatic heterocycles. The Hall–Kier alpha value is -1.06. The molecule has 0 aromatic heterocycles. The molecule has 3 nitrogen and oxygen atoms in total. The van der Waals surface area contributed by atoms with Crippen molar-refractivity contribution in [3.05, 3.63) is 29.3 Å². The van der Waals surface area contributed by atoms with Crippen molar-refractivity contribution in [1.29, 1.82) is 0 Å². The lowest BCUT2D eigenvalue weighted by Gasteiger charge is -2.30. The van der Waals surface area contributed by atoms with Crippen molar-refractivity contribution in [2.24, 2.45) is 0 Å². The largest absolute Gasteiger partial charge is 0.382 e. The Balaban J connectivity index is 1.93. The van der Waals surface area contributed by atoms with Crippen molar-refractivity contribution in [3.8, 4) is 0 Å². The Bertz CT molecular complexity index is 358. The maximum absolute atomic E-state index is 5.75. The first-order chi connectivity index (χ1) is 8.16. The molecule has 1 heterocycles. The third-order valence-electron chi connectivity index (χ3n) is 3.33. The van der Waals surface area contributed by atoms with Crippen molar-refractivity contribution in [3.63, 3.8) is 0 Å². The molecular weight excluding hydrogens is 212 g/mol. The Labute approximate surface area is 104 Å². The van der Waals surface area contributed by atoms with Crippen molar-refractivity contribution in [1.82, 2.24) is 4.90 Å². The van der Waals surface area contributed by atoms with Crippen LogP contribution in [0.25, 0.3) is 0 Å². The van der Waals surface area contributed by atoms with E-state index in [1.807, 2.05) is 0 Å². The summed E-state index contributed by atoms with van der Waals surface area (Å²) in [7, 11) is 2.15. The monoisotopic (exact) mass is 234 g/mol. The maximum atomic E-state index is 5.75. The van der Waals surface area contributed by atoms with E-state index in [2.05, 4.69) is 49.3 Å². The molecule has 0 saturated carbocycles. The van der Waals surface area contributed by atoms with Gasteiger partial charge in [0.05, 0.1) is 12.7 Å². The minimum absolute atomic E-state index is 0.299. The molecule has 1 aliphatic rings. The average Bonchev–Trinajstić information content (AvgIpc) is 2.28. The Kier molecular flexibility index (Phi) is 4.02. The second kappa shape index (κ2) is 5.52. The third kappa shape index (κ3) is 3.20. The number of para-hydroxylation sites is 1. The van der Waals surface area contributed by atoms with Crippen LogP contribution in [-0.4, -0.2) is 44.3 Å². The van der Waals surface area contributed by atoms with E-state index >= 15 is 0 Å². The van der Waals surface area contributed by atoms with Gasteiger partial charge in [-0.1, -0.05) is 18.2 Å². The zero-order valence-corrected chi connectivity index (χ0v) is 11.0. The van der Waals surface area contributed by atoms with Crippen molar-refractivity contribution < 1.29 is 4.74 Å². The van der Waals surface area contributed by atoms with Crippen LogP contribution in [0.2, 0.25) is 0 Å². The summed E-state index contributed by atoms with van der Waals surface area (Å²) < 4.78 is 5.75. The summed E-state index contributed by atoms with van der Waals surface area (Å²) in [6.07, 6.45) is 0.299. The topological polar surface area (TPSA) is 24.5 Å². The molecule has 0 bridgehead atoms. The molecule has 1 N–H and O–H groups in total. The highest BCUT2D eigenvalue weighted by Crippen LogP contribution is 2.19. The van der Waals surface area contributed by atoms with E-state index in [4.69, 9.17) is 4.74 Å². The molecular formula is C14H22N2O. The van der Waals surface area contributed by atoms with Crippen molar-refractivity contribution in [2.75, 3.05) is 38.6 Å². The van der Waals surface area contributed by atoms with Crippen LogP contribution in [0.5, 0.6) is 0 Å².